The molecule has 0 atom stereocenters. The van der Waals surface area contributed by atoms with E-state index in [0.29, 0.717) is 27.4 Å². The monoisotopic (exact) mass is 417 g/mol. The van der Waals surface area contributed by atoms with E-state index in [4.69, 9.17) is 9.47 Å². The van der Waals surface area contributed by atoms with E-state index in [1.807, 2.05) is 31.2 Å². The van der Waals surface area contributed by atoms with E-state index < -0.39 is 0 Å². The molecule has 0 radical (unpaired) electrons. The van der Waals surface area contributed by atoms with E-state index in [1.54, 1.807) is 20.3 Å². The fraction of sp³-hybridized carbons (Fsp3) is 0.278. The number of anilines is 1. The van der Waals surface area contributed by atoms with Crippen molar-refractivity contribution in [2.75, 3.05) is 25.3 Å². The average molecular weight is 418 g/mol. The van der Waals surface area contributed by atoms with Crippen molar-refractivity contribution in [2.45, 2.75) is 18.4 Å². The molecule has 3 rings (SSSR count). The lowest BCUT2D eigenvalue weighted by Gasteiger charge is -2.09. The summed E-state index contributed by atoms with van der Waals surface area (Å²) >= 11 is 2.68. The van der Waals surface area contributed by atoms with Gasteiger partial charge in [0.15, 0.2) is 0 Å². The fourth-order valence-corrected chi connectivity index (χ4v) is 3.60. The summed E-state index contributed by atoms with van der Waals surface area (Å²) in [4.78, 5) is 12.0. The highest BCUT2D eigenvalue weighted by atomic mass is 32.2. The maximum atomic E-state index is 12.0. The molecular weight excluding hydrogens is 398 g/mol. The van der Waals surface area contributed by atoms with Crippen LogP contribution < -0.4 is 14.8 Å². The van der Waals surface area contributed by atoms with Crippen molar-refractivity contribution < 1.29 is 14.3 Å². The molecule has 0 aliphatic rings. The molecule has 3 aromatic rings. The lowest BCUT2D eigenvalue weighted by atomic mass is 10.1. The van der Waals surface area contributed by atoms with Crippen molar-refractivity contribution >= 4 is 34.1 Å². The lowest BCUT2D eigenvalue weighted by molar-refractivity contribution is -0.113. The van der Waals surface area contributed by atoms with E-state index in [1.165, 1.54) is 23.1 Å². The minimum Gasteiger partial charge on any atom is -0.497 e. The Balaban J connectivity index is 1.61. The molecule has 0 bridgehead atoms. The van der Waals surface area contributed by atoms with Crippen LogP contribution >= 0.6 is 23.1 Å². The first-order chi connectivity index (χ1) is 13.6. The molecule has 146 valence electrons. The number of rotatable bonds is 8. The average Bonchev–Trinajstić information content (AvgIpc) is 3.19. The Morgan fingerprint density at radius 1 is 1.11 bits per heavy atom. The van der Waals surface area contributed by atoms with Crippen molar-refractivity contribution in [2.24, 2.45) is 0 Å². The Kier molecular flexibility index (Phi) is 6.77. The van der Waals surface area contributed by atoms with Crippen LogP contribution in [0.2, 0.25) is 0 Å². The summed E-state index contributed by atoms with van der Waals surface area (Å²) in [5.41, 5.74) is 1.49. The van der Waals surface area contributed by atoms with Gasteiger partial charge in [0.25, 0.3) is 0 Å². The molecule has 28 heavy (non-hydrogen) atoms. The number of aryl methyl sites for hydroxylation is 1. The van der Waals surface area contributed by atoms with Gasteiger partial charge in [-0.2, -0.15) is 0 Å². The first-order valence-corrected chi connectivity index (χ1v) is 10.2. The lowest BCUT2D eigenvalue weighted by Crippen LogP contribution is -2.14. The second kappa shape index (κ2) is 9.47. The number of methoxy groups -OCH3 is 2. The molecule has 0 fully saturated rings. The number of thioether (sulfide) groups is 1. The maximum Gasteiger partial charge on any atom is 0.236 e. The highest BCUT2D eigenvalue weighted by Crippen LogP contribution is 2.32. The Morgan fingerprint density at radius 2 is 1.96 bits per heavy atom. The number of nitrogens with one attached hydrogen (secondary N) is 1. The Morgan fingerprint density at radius 3 is 2.61 bits per heavy atom. The number of hydrogen-bond donors (Lipinski definition) is 1. The van der Waals surface area contributed by atoms with E-state index >= 15 is 0 Å². The summed E-state index contributed by atoms with van der Waals surface area (Å²) in [5, 5.41) is 21.1. The van der Waals surface area contributed by atoms with Crippen LogP contribution in [0, 0.1) is 0 Å². The van der Waals surface area contributed by atoms with Gasteiger partial charge in [-0.25, -0.2) is 0 Å². The van der Waals surface area contributed by atoms with Crippen molar-refractivity contribution in [1.82, 2.24) is 20.4 Å². The standard InChI is InChI=1S/C18H19N5O3S2/c1-4-16-21-23-18(28-16)19-15(24)10-27-17-8-7-13(20-22-17)12-6-5-11(25-2)9-14(12)26-3/h5-9H,4,10H2,1-3H3,(H,19,23,24). The first kappa shape index (κ1) is 20.0. The number of carbonyl (C=O) groups excluding carboxylic acids is 1. The van der Waals surface area contributed by atoms with E-state index in [-0.39, 0.29) is 11.7 Å². The Labute approximate surface area is 170 Å². The molecule has 10 heteroatoms. The summed E-state index contributed by atoms with van der Waals surface area (Å²) in [6.07, 6.45) is 0.795. The van der Waals surface area contributed by atoms with Crippen LogP contribution in [0.4, 0.5) is 5.13 Å². The number of nitrogens with zero attached hydrogens (tertiary/aromatic N) is 4. The van der Waals surface area contributed by atoms with Crippen LogP contribution in [0.25, 0.3) is 11.3 Å². The molecular formula is C18H19N5O3S2. The quantitative estimate of drug-likeness (QED) is 0.557. The van der Waals surface area contributed by atoms with E-state index in [2.05, 4.69) is 25.7 Å². The minimum atomic E-state index is -0.161. The first-order valence-electron chi connectivity index (χ1n) is 8.44. The third-order valence-electron chi connectivity index (χ3n) is 3.69. The normalized spacial score (nSPS) is 10.5. The number of carbonyl (C=O) groups is 1. The second-order valence-electron chi connectivity index (χ2n) is 5.51. The molecule has 1 aromatic carbocycles. The highest BCUT2D eigenvalue weighted by Gasteiger charge is 2.11. The van der Waals surface area contributed by atoms with Crippen LogP contribution in [-0.2, 0) is 11.2 Å². The molecule has 0 aliphatic heterocycles. The van der Waals surface area contributed by atoms with Crippen LogP contribution in [0.3, 0.4) is 0 Å². The number of aromatic nitrogens is 4. The van der Waals surface area contributed by atoms with E-state index in [0.717, 1.165) is 17.0 Å². The molecule has 1 amide bonds. The van der Waals surface area contributed by atoms with Gasteiger partial charge >= 0.3 is 0 Å². The maximum absolute atomic E-state index is 12.0. The van der Waals surface area contributed by atoms with Gasteiger partial charge in [0.1, 0.15) is 21.5 Å². The minimum absolute atomic E-state index is 0.161. The third-order valence-corrected chi connectivity index (χ3v) is 5.59. The molecule has 0 spiro atoms. The molecule has 8 nitrogen and oxygen atoms in total. The summed E-state index contributed by atoms with van der Waals surface area (Å²) in [5.74, 6) is 1.40. The Bertz CT molecular complexity index is 947. The van der Waals surface area contributed by atoms with Crippen molar-refractivity contribution in [1.29, 1.82) is 0 Å². The van der Waals surface area contributed by atoms with Gasteiger partial charge in [-0.3, -0.25) is 10.1 Å². The van der Waals surface area contributed by atoms with Gasteiger partial charge in [0, 0.05) is 11.6 Å². The summed E-state index contributed by atoms with van der Waals surface area (Å²) < 4.78 is 10.6. The number of hydrogen-bond acceptors (Lipinski definition) is 9. The van der Waals surface area contributed by atoms with Crippen LogP contribution in [-0.4, -0.2) is 46.3 Å². The van der Waals surface area contributed by atoms with Gasteiger partial charge in [0.05, 0.1) is 25.7 Å². The van der Waals surface area contributed by atoms with Gasteiger partial charge in [-0.05, 0) is 30.7 Å². The molecule has 0 saturated heterocycles. The van der Waals surface area contributed by atoms with Crippen LogP contribution in [0.15, 0.2) is 35.4 Å². The molecule has 0 aliphatic carbocycles. The highest BCUT2D eigenvalue weighted by molar-refractivity contribution is 7.99. The topological polar surface area (TPSA) is 99.1 Å². The number of ether oxygens (including phenoxy) is 2. The number of benzene rings is 1. The van der Waals surface area contributed by atoms with E-state index in [9.17, 15) is 4.79 Å². The van der Waals surface area contributed by atoms with Crippen molar-refractivity contribution in [3.05, 3.63) is 35.3 Å². The van der Waals surface area contributed by atoms with Gasteiger partial charge in [-0.1, -0.05) is 30.0 Å². The SMILES string of the molecule is CCc1nnc(NC(=O)CSc2ccc(-c3ccc(OC)cc3OC)nn2)s1. The zero-order valence-corrected chi connectivity index (χ0v) is 17.3. The molecule has 2 aromatic heterocycles. The van der Waals surface area contributed by atoms with Crippen LogP contribution in [0.5, 0.6) is 11.5 Å². The summed E-state index contributed by atoms with van der Waals surface area (Å²) in [7, 11) is 3.19. The predicted molar refractivity (Wildman–Crippen MR) is 109 cm³/mol. The van der Waals surface area contributed by atoms with Gasteiger partial charge in [-0.15, -0.1) is 20.4 Å². The second-order valence-corrected chi connectivity index (χ2v) is 7.57. The molecule has 1 N–H and O–H groups in total. The third kappa shape index (κ3) is 4.96. The predicted octanol–water partition coefficient (Wildman–Crippen LogP) is 3.31. The fourth-order valence-electron chi connectivity index (χ4n) is 2.29. The number of amides is 1. The molecule has 0 unspecified atom stereocenters. The zero-order chi connectivity index (χ0) is 19.9. The summed E-state index contributed by atoms with van der Waals surface area (Å²) in [6.45, 7) is 1.99. The smallest absolute Gasteiger partial charge is 0.236 e. The zero-order valence-electron chi connectivity index (χ0n) is 15.6. The van der Waals surface area contributed by atoms with Gasteiger partial charge < -0.3 is 9.47 Å². The van der Waals surface area contributed by atoms with Gasteiger partial charge in [0.2, 0.25) is 11.0 Å². The largest absolute Gasteiger partial charge is 0.497 e. The Hall–Kier alpha value is -2.72. The van der Waals surface area contributed by atoms with Crippen LogP contribution in [0.1, 0.15) is 11.9 Å². The molecule has 0 saturated carbocycles. The molecule has 2 heterocycles. The van der Waals surface area contributed by atoms with Crippen molar-refractivity contribution in [3.8, 4) is 22.8 Å². The van der Waals surface area contributed by atoms with Crippen molar-refractivity contribution in [3.63, 3.8) is 0 Å². The summed E-state index contributed by atoms with van der Waals surface area (Å²) in [6, 6.07) is 9.17.